The minimum Gasteiger partial charge on any atom is -0.481 e. The number of carboxylic acid groups (broad SMARTS) is 1. The lowest BCUT2D eigenvalue weighted by molar-refractivity contribution is -0.146. The van der Waals surface area contributed by atoms with Crippen molar-refractivity contribution in [3.63, 3.8) is 0 Å². The van der Waals surface area contributed by atoms with E-state index in [4.69, 9.17) is 0 Å². The molecule has 0 spiro atoms. The molecule has 4 rings (SSSR count). The van der Waals surface area contributed by atoms with Crippen molar-refractivity contribution in [3.05, 3.63) is 35.9 Å². The molecule has 2 N–H and O–H groups in total. The molecule has 4 atom stereocenters. The average Bonchev–Trinajstić information content (AvgIpc) is 3.27. The summed E-state index contributed by atoms with van der Waals surface area (Å²) in [6, 6.07) is 5.50. The number of hydrogen-bond donors (Lipinski definition) is 2. The van der Waals surface area contributed by atoms with E-state index in [1.165, 1.54) is 0 Å². The monoisotopic (exact) mass is 340 g/mol. The van der Waals surface area contributed by atoms with Gasteiger partial charge in [0.25, 0.3) is 0 Å². The van der Waals surface area contributed by atoms with Gasteiger partial charge in [0.05, 0.1) is 11.8 Å². The highest BCUT2D eigenvalue weighted by Gasteiger charge is 2.51. The van der Waals surface area contributed by atoms with Crippen molar-refractivity contribution in [2.75, 3.05) is 16.8 Å². The standard InChI is InChI=1S/C19H20N2O4/c1-10(22)21-7-6-11-9-14(4-5-15(11)21)20-18(23)16-12-2-3-13(8-12)17(16)19(24)25/h2-5,9,12-13,16-17H,6-8H2,1H3,(H,20,23)(H,24,25)/t12-,13+,16+,17+/m1/s1. The molecule has 0 saturated heterocycles. The van der Waals surface area contributed by atoms with Gasteiger partial charge in [0.1, 0.15) is 0 Å². The zero-order valence-corrected chi connectivity index (χ0v) is 13.9. The zero-order valence-electron chi connectivity index (χ0n) is 13.9. The summed E-state index contributed by atoms with van der Waals surface area (Å²) < 4.78 is 0. The molecule has 1 aliphatic heterocycles. The Hall–Kier alpha value is -2.63. The summed E-state index contributed by atoms with van der Waals surface area (Å²) >= 11 is 0. The highest BCUT2D eigenvalue weighted by atomic mass is 16.4. The fourth-order valence-corrected chi connectivity index (χ4v) is 4.55. The Morgan fingerprint density at radius 1 is 1.16 bits per heavy atom. The van der Waals surface area contributed by atoms with Gasteiger partial charge in [0.15, 0.2) is 0 Å². The predicted molar refractivity (Wildman–Crippen MR) is 92.2 cm³/mol. The summed E-state index contributed by atoms with van der Waals surface area (Å²) in [5.41, 5.74) is 2.57. The van der Waals surface area contributed by atoms with Gasteiger partial charge in [-0.05, 0) is 48.4 Å². The Labute approximate surface area is 145 Å². The summed E-state index contributed by atoms with van der Waals surface area (Å²) in [7, 11) is 0. The number of anilines is 2. The second-order valence-corrected chi connectivity index (χ2v) is 7.09. The molecular formula is C19H20N2O4. The van der Waals surface area contributed by atoms with Crippen molar-refractivity contribution in [1.82, 2.24) is 0 Å². The van der Waals surface area contributed by atoms with Gasteiger partial charge in [0, 0.05) is 24.8 Å². The molecular weight excluding hydrogens is 320 g/mol. The van der Waals surface area contributed by atoms with Gasteiger partial charge in [-0.15, -0.1) is 0 Å². The van der Waals surface area contributed by atoms with Crippen LogP contribution in [0.15, 0.2) is 30.4 Å². The van der Waals surface area contributed by atoms with E-state index in [0.29, 0.717) is 12.2 Å². The van der Waals surface area contributed by atoms with E-state index in [9.17, 15) is 19.5 Å². The maximum absolute atomic E-state index is 12.7. The lowest BCUT2D eigenvalue weighted by atomic mass is 9.82. The number of carbonyl (C=O) groups is 3. The third-order valence-corrected chi connectivity index (χ3v) is 5.67. The van der Waals surface area contributed by atoms with Crippen LogP contribution in [0, 0.1) is 23.7 Å². The number of aliphatic carboxylic acids is 1. The second-order valence-electron chi connectivity index (χ2n) is 7.09. The Morgan fingerprint density at radius 2 is 1.88 bits per heavy atom. The van der Waals surface area contributed by atoms with Crippen LogP contribution in [0.25, 0.3) is 0 Å². The van der Waals surface area contributed by atoms with Crippen LogP contribution in [0.1, 0.15) is 18.9 Å². The first kappa shape index (κ1) is 15.9. The molecule has 3 aliphatic rings. The van der Waals surface area contributed by atoms with Crippen LogP contribution in [0.4, 0.5) is 11.4 Å². The van der Waals surface area contributed by atoms with Crippen molar-refractivity contribution in [3.8, 4) is 0 Å². The zero-order chi connectivity index (χ0) is 17.7. The summed E-state index contributed by atoms with van der Waals surface area (Å²) in [4.78, 5) is 37.6. The van der Waals surface area contributed by atoms with Crippen LogP contribution in [-0.2, 0) is 20.8 Å². The SMILES string of the molecule is CC(=O)N1CCc2cc(NC(=O)[C@@H]3[C@@H](C(=O)O)[C@H]4C=C[C@@H]3C4)ccc21. The first-order valence-corrected chi connectivity index (χ1v) is 8.58. The molecule has 0 radical (unpaired) electrons. The van der Waals surface area contributed by atoms with Crippen molar-refractivity contribution < 1.29 is 19.5 Å². The van der Waals surface area contributed by atoms with Crippen LogP contribution in [-0.4, -0.2) is 29.4 Å². The number of rotatable bonds is 3. The van der Waals surface area contributed by atoms with Gasteiger partial charge in [-0.25, -0.2) is 0 Å². The molecule has 6 heteroatoms. The van der Waals surface area contributed by atoms with Crippen molar-refractivity contribution in [1.29, 1.82) is 0 Å². The molecule has 1 heterocycles. The van der Waals surface area contributed by atoms with Crippen LogP contribution in [0.2, 0.25) is 0 Å². The Balaban J connectivity index is 1.53. The third kappa shape index (κ3) is 2.52. The fourth-order valence-electron chi connectivity index (χ4n) is 4.55. The predicted octanol–water partition coefficient (Wildman–Crippen LogP) is 2.06. The van der Waals surface area contributed by atoms with Crippen LogP contribution >= 0.6 is 0 Å². The molecule has 1 aromatic carbocycles. The van der Waals surface area contributed by atoms with Gasteiger partial charge in [0.2, 0.25) is 11.8 Å². The molecule has 0 unspecified atom stereocenters. The molecule has 130 valence electrons. The van der Waals surface area contributed by atoms with E-state index in [2.05, 4.69) is 5.32 Å². The van der Waals surface area contributed by atoms with Crippen molar-refractivity contribution in [2.45, 2.75) is 19.8 Å². The molecule has 25 heavy (non-hydrogen) atoms. The number of allylic oxidation sites excluding steroid dienone is 2. The Morgan fingerprint density at radius 3 is 2.56 bits per heavy atom. The summed E-state index contributed by atoms with van der Waals surface area (Å²) in [5.74, 6) is -2.31. The van der Waals surface area contributed by atoms with E-state index < -0.39 is 17.8 Å². The fraction of sp³-hybridized carbons (Fsp3) is 0.421. The van der Waals surface area contributed by atoms with E-state index in [1.807, 2.05) is 24.3 Å². The average molecular weight is 340 g/mol. The molecule has 6 nitrogen and oxygen atoms in total. The first-order valence-electron chi connectivity index (χ1n) is 8.58. The highest BCUT2D eigenvalue weighted by Crippen LogP contribution is 2.48. The highest BCUT2D eigenvalue weighted by molar-refractivity contribution is 5.98. The molecule has 1 saturated carbocycles. The number of hydrogen-bond acceptors (Lipinski definition) is 3. The van der Waals surface area contributed by atoms with Gasteiger partial charge in [-0.2, -0.15) is 0 Å². The number of carboxylic acids is 1. The number of benzene rings is 1. The van der Waals surface area contributed by atoms with Crippen LogP contribution in [0.3, 0.4) is 0 Å². The molecule has 2 aliphatic carbocycles. The second kappa shape index (κ2) is 5.72. The van der Waals surface area contributed by atoms with Crippen LogP contribution in [0.5, 0.6) is 0 Å². The normalized spacial score (nSPS) is 28.9. The minimum absolute atomic E-state index is 0.00797. The smallest absolute Gasteiger partial charge is 0.307 e. The largest absolute Gasteiger partial charge is 0.481 e. The van der Waals surface area contributed by atoms with E-state index in [1.54, 1.807) is 17.9 Å². The first-order chi connectivity index (χ1) is 12.0. The Kier molecular flexibility index (Phi) is 3.63. The number of carbonyl (C=O) groups excluding carboxylic acids is 2. The molecule has 2 amide bonds. The lowest BCUT2D eigenvalue weighted by Gasteiger charge is -2.24. The lowest BCUT2D eigenvalue weighted by Crippen LogP contribution is -2.36. The van der Waals surface area contributed by atoms with Gasteiger partial charge >= 0.3 is 5.97 Å². The molecule has 2 bridgehead atoms. The van der Waals surface area contributed by atoms with Gasteiger partial charge in [-0.3, -0.25) is 14.4 Å². The maximum Gasteiger partial charge on any atom is 0.307 e. The minimum atomic E-state index is -0.900. The van der Waals surface area contributed by atoms with E-state index in [0.717, 1.165) is 24.1 Å². The maximum atomic E-state index is 12.7. The Bertz CT molecular complexity index is 801. The van der Waals surface area contributed by atoms with E-state index in [-0.39, 0.29) is 23.7 Å². The van der Waals surface area contributed by atoms with Gasteiger partial charge in [-0.1, -0.05) is 12.2 Å². The van der Waals surface area contributed by atoms with Gasteiger partial charge < -0.3 is 15.3 Å². The summed E-state index contributed by atoms with van der Waals surface area (Å²) in [5, 5.41) is 12.4. The number of nitrogens with zero attached hydrogens (tertiary/aromatic N) is 1. The molecule has 1 aromatic rings. The third-order valence-electron chi connectivity index (χ3n) is 5.67. The number of nitrogens with one attached hydrogen (secondary N) is 1. The topological polar surface area (TPSA) is 86.7 Å². The molecule has 1 fully saturated rings. The quantitative estimate of drug-likeness (QED) is 0.825. The van der Waals surface area contributed by atoms with E-state index >= 15 is 0 Å². The van der Waals surface area contributed by atoms with Crippen LogP contribution < -0.4 is 10.2 Å². The number of amides is 2. The van der Waals surface area contributed by atoms with Crippen molar-refractivity contribution in [2.24, 2.45) is 23.7 Å². The number of fused-ring (bicyclic) bond motifs is 3. The molecule has 0 aromatic heterocycles. The summed E-state index contributed by atoms with van der Waals surface area (Å²) in [6.07, 6.45) is 5.40. The summed E-state index contributed by atoms with van der Waals surface area (Å²) in [6.45, 7) is 2.19. The van der Waals surface area contributed by atoms with Crippen molar-refractivity contribution >= 4 is 29.2 Å².